The highest BCUT2D eigenvalue weighted by molar-refractivity contribution is 6.30. The Morgan fingerprint density at radius 3 is 2.41 bits per heavy atom. The number of ketones is 1. The minimum absolute atomic E-state index is 0.0663. The van der Waals surface area contributed by atoms with Gasteiger partial charge < -0.3 is 10.3 Å². The van der Waals surface area contributed by atoms with Gasteiger partial charge in [-0.15, -0.1) is 0 Å². The van der Waals surface area contributed by atoms with Crippen LogP contribution in [0.5, 0.6) is 0 Å². The van der Waals surface area contributed by atoms with E-state index in [1.807, 2.05) is 85.1 Å². The van der Waals surface area contributed by atoms with Crippen molar-refractivity contribution in [3.05, 3.63) is 107 Å². The van der Waals surface area contributed by atoms with Crippen LogP contribution in [0.15, 0.2) is 85.1 Å². The molecule has 0 saturated carbocycles. The van der Waals surface area contributed by atoms with Gasteiger partial charge in [0.1, 0.15) is 0 Å². The average molecular weight is 403 g/mol. The first-order valence-electron chi connectivity index (χ1n) is 9.77. The van der Waals surface area contributed by atoms with Gasteiger partial charge in [0.2, 0.25) is 0 Å². The summed E-state index contributed by atoms with van der Waals surface area (Å²) in [7, 11) is 0. The third-order valence-electron chi connectivity index (χ3n) is 5.16. The van der Waals surface area contributed by atoms with Gasteiger partial charge >= 0.3 is 0 Å². The third-order valence-corrected chi connectivity index (χ3v) is 5.41. The van der Waals surface area contributed by atoms with Crippen molar-refractivity contribution < 1.29 is 4.79 Å². The van der Waals surface area contributed by atoms with E-state index in [0.717, 1.165) is 27.9 Å². The first-order valence-corrected chi connectivity index (χ1v) is 10.2. The quantitative estimate of drug-likeness (QED) is 0.374. The topological polar surface area (TPSA) is 44.9 Å². The number of hydrogen-bond donors (Lipinski definition) is 2. The number of carbonyl (C=O) groups excluding carboxylic acids is 1. The Balaban J connectivity index is 1.61. The van der Waals surface area contributed by atoms with Crippen molar-refractivity contribution in [1.82, 2.24) is 10.3 Å². The Hall–Kier alpha value is -2.88. The van der Waals surface area contributed by atoms with Crippen molar-refractivity contribution >= 4 is 28.3 Å². The Morgan fingerprint density at radius 1 is 0.966 bits per heavy atom. The van der Waals surface area contributed by atoms with Gasteiger partial charge in [0, 0.05) is 33.7 Å². The number of H-pyrrole nitrogens is 1. The fourth-order valence-electron chi connectivity index (χ4n) is 3.72. The molecule has 0 radical (unpaired) electrons. The molecule has 4 heteroatoms. The molecule has 0 aliphatic carbocycles. The highest BCUT2D eigenvalue weighted by atomic mass is 35.5. The molecule has 3 nitrogen and oxygen atoms in total. The zero-order chi connectivity index (χ0) is 20.2. The number of aromatic nitrogens is 1. The van der Waals surface area contributed by atoms with Gasteiger partial charge in [0.15, 0.2) is 5.78 Å². The van der Waals surface area contributed by atoms with Crippen LogP contribution in [-0.2, 0) is 6.42 Å². The molecule has 0 aliphatic heterocycles. The molecule has 1 heterocycles. The number of nitrogens with one attached hydrogen (secondary N) is 2. The number of fused-ring (bicyclic) bond motifs is 1. The lowest BCUT2D eigenvalue weighted by atomic mass is 9.95. The fourth-order valence-corrected chi connectivity index (χ4v) is 3.84. The van der Waals surface area contributed by atoms with E-state index < -0.39 is 6.04 Å². The monoisotopic (exact) mass is 402 g/mol. The molecule has 0 fully saturated rings. The Morgan fingerprint density at radius 2 is 1.66 bits per heavy atom. The predicted molar refractivity (Wildman–Crippen MR) is 120 cm³/mol. The first kappa shape index (κ1) is 19.4. The van der Waals surface area contributed by atoms with Crippen LogP contribution >= 0.6 is 11.6 Å². The molecule has 0 spiro atoms. The maximum Gasteiger partial charge on any atom is 0.186 e. The molecular weight excluding hydrogens is 380 g/mol. The van der Waals surface area contributed by atoms with E-state index >= 15 is 0 Å². The van der Waals surface area contributed by atoms with Crippen LogP contribution < -0.4 is 5.32 Å². The van der Waals surface area contributed by atoms with Crippen LogP contribution in [0.2, 0.25) is 5.02 Å². The van der Waals surface area contributed by atoms with Crippen LogP contribution in [0, 0.1) is 0 Å². The standard InChI is InChI=1S/C25H23ClN2O/c1-17(15-18-11-13-20(26)14-12-18)28-24(19-7-3-2-4-8-19)25(29)22-16-27-23-10-6-5-9-21(22)23/h2-14,16-17,24,27-28H,15H2,1H3/t17-,24-/m0/s1. The minimum atomic E-state index is -0.419. The Labute approximate surface area is 175 Å². The second kappa shape index (κ2) is 8.64. The maximum absolute atomic E-state index is 13.6. The first-order chi connectivity index (χ1) is 14.1. The Kier molecular flexibility index (Phi) is 5.79. The maximum atomic E-state index is 13.6. The molecule has 2 atom stereocenters. The van der Waals surface area contributed by atoms with Crippen molar-refractivity contribution in [2.24, 2.45) is 0 Å². The SMILES string of the molecule is C[C@@H](Cc1ccc(Cl)cc1)N[C@H](C(=O)c1c[nH]c2ccccc12)c1ccccc1. The van der Waals surface area contributed by atoms with Gasteiger partial charge in [0.25, 0.3) is 0 Å². The van der Waals surface area contributed by atoms with Crippen molar-refractivity contribution in [2.75, 3.05) is 0 Å². The molecule has 0 saturated heterocycles. The van der Waals surface area contributed by atoms with Crippen LogP contribution in [0.25, 0.3) is 10.9 Å². The van der Waals surface area contributed by atoms with Gasteiger partial charge in [-0.05, 0) is 42.7 Å². The van der Waals surface area contributed by atoms with Gasteiger partial charge in [-0.2, -0.15) is 0 Å². The minimum Gasteiger partial charge on any atom is -0.360 e. The summed E-state index contributed by atoms with van der Waals surface area (Å²) in [4.78, 5) is 16.8. The van der Waals surface area contributed by atoms with Crippen LogP contribution in [-0.4, -0.2) is 16.8 Å². The molecule has 29 heavy (non-hydrogen) atoms. The molecule has 3 aromatic carbocycles. The van der Waals surface area contributed by atoms with Crippen molar-refractivity contribution in [3.63, 3.8) is 0 Å². The molecule has 4 aromatic rings. The molecule has 0 aliphatic rings. The molecule has 1 aromatic heterocycles. The van der Waals surface area contributed by atoms with Gasteiger partial charge in [-0.1, -0.05) is 72.3 Å². The number of para-hydroxylation sites is 1. The highest BCUT2D eigenvalue weighted by Crippen LogP contribution is 2.25. The van der Waals surface area contributed by atoms with Crippen molar-refractivity contribution in [3.8, 4) is 0 Å². The summed E-state index contributed by atoms with van der Waals surface area (Å²) in [6.07, 6.45) is 2.62. The second-order valence-corrected chi connectivity index (χ2v) is 7.79. The van der Waals surface area contributed by atoms with E-state index in [-0.39, 0.29) is 11.8 Å². The highest BCUT2D eigenvalue weighted by Gasteiger charge is 2.25. The number of hydrogen-bond acceptors (Lipinski definition) is 2. The molecule has 146 valence electrons. The summed E-state index contributed by atoms with van der Waals surface area (Å²) in [6, 6.07) is 25.3. The summed E-state index contributed by atoms with van der Waals surface area (Å²) in [5.74, 6) is 0.0663. The molecule has 0 unspecified atom stereocenters. The molecule has 0 bridgehead atoms. The lowest BCUT2D eigenvalue weighted by molar-refractivity contribution is 0.0938. The van der Waals surface area contributed by atoms with E-state index in [1.54, 1.807) is 0 Å². The number of Topliss-reactive ketones (excluding diaryl/α,β-unsaturated/α-hetero) is 1. The van der Waals surface area contributed by atoms with Gasteiger partial charge in [-0.25, -0.2) is 0 Å². The van der Waals surface area contributed by atoms with E-state index in [1.165, 1.54) is 5.56 Å². The predicted octanol–water partition coefficient (Wildman–Crippen LogP) is 5.97. The van der Waals surface area contributed by atoms with Crippen molar-refractivity contribution in [1.29, 1.82) is 0 Å². The molecule has 2 N–H and O–H groups in total. The van der Waals surface area contributed by atoms with E-state index in [2.05, 4.69) is 17.2 Å². The van der Waals surface area contributed by atoms with E-state index in [0.29, 0.717) is 5.56 Å². The van der Waals surface area contributed by atoms with Gasteiger partial charge in [0.05, 0.1) is 6.04 Å². The third kappa shape index (κ3) is 4.42. The Bertz CT molecular complexity index is 1100. The number of aromatic amines is 1. The lowest BCUT2D eigenvalue weighted by Crippen LogP contribution is -2.36. The zero-order valence-electron chi connectivity index (χ0n) is 16.2. The van der Waals surface area contributed by atoms with Gasteiger partial charge in [-0.3, -0.25) is 4.79 Å². The number of carbonyl (C=O) groups is 1. The summed E-state index contributed by atoms with van der Waals surface area (Å²) < 4.78 is 0. The average Bonchev–Trinajstić information content (AvgIpc) is 3.18. The van der Waals surface area contributed by atoms with Crippen LogP contribution in [0.3, 0.4) is 0 Å². The van der Waals surface area contributed by atoms with E-state index in [9.17, 15) is 4.79 Å². The van der Waals surface area contributed by atoms with Crippen molar-refractivity contribution in [2.45, 2.75) is 25.4 Å². The summed E-state index contributed by atoms with van der Waals surface area (Å²) >= 11 is 6.00. The van der Waals surface area contributed by atoms with Crippen LogP contribution in [0.1, 0.15) is 34.5 Å². The fraction of sp³-hybridized carbons (Fsp3) is 0.160. The number of benzene rings is 3. The summed E-state index contributed by atoms with van der Waals surface area (Å²) in [5, 5.41) is 5.23. The summed E-state index contributed by atoms with van der Waals surface area (Å²) in [6.45, 7) is 2.10. The van der Waals surface area contributed by atoms with Crippen LogP contribution in [0.4, 0.5) is 0 Å². The summed E-state index contributed by atoms with van der Waals surface area (Å²) in [5.41, 5.74) is 3.82. The second-order valence-electron chi connectivity index (χ2n) is 7.35. The largest absolute Gasteiger partial charge is 0.360 e. The molecule has 0 amide bonds. The smallest absolute Gasteiger partial charge is 0.186 e. The molecular formula is C25H23ClN2O. The van der Waals surface area contributed by atoms with E-state index in [4.69, 9.17) is 11.6 Å². The lowest BCUT2D eigenvalue weighted by Gasteiger charge is -2.23. The number of halogens is 1. The zero-order valence-corrected chi connectivity index (χ0v) is 17.0. The normalized spacial score (nSPS) is 13.3. The number of rotatable bonds is 7. The molecule has 4 rings (SSSR count).